The molecule has 0 atom stereocenters. The van der Waals surface area contributed by atoms with E-state index in [-0.39, 0.29) is 0 Å². The molecule has 0 nitrogen and oxygen atoms in total. The zero-order chi connectivity index (χ0) is 13.7. The van der Waals surface area contributed by atoms with Gasteiger partial charge in [0.15, 0.2) is 0 Å². The van der Waals surface area contributed by atoms with Crippen LogP contribution < -0.4 is 0 Å². The average Bonchev–Trinajstić information content (AvgIpc) is 2.50. The quantitative estimate of drug-likeness (QED) is 0.203. The molecule has 0 fully saturated rings. The van der Waals surface area contributed by atoms with Crippen LogP contribution in [0.15, 0.2) is 60.7 Å². The Morgan fingerprint density at radius 3 is 1.55 bits per heavy atom. The summed E-state index contributed by atoms with van der Waals surface area (Å²) < 4.78 is 2.67. The zero-order valence-electron chi connectivity index (χ0n) is 10.5. The number of hydrogen-bond donors (Lipinski definition) is 0. The van der Waals surface area contributed by atoms with Gasteiger partial charge in [0.2, 0.25) is 0 Å². The molecule has 2 heteroatoms. The van der Waals surface area contributed by atoms with Crippen molar-refractivity contribution in [3.8, 4) is 0 Å². The van der Waals surface area contributed by atoms with Gasteiger partial charge in [0.1, 0.15) is 0 Å². The lowest BCUT2D eigenvalue weighted by Gasteiger charge is -2.12. The summed E-state index contributed by atoms with van der Waals surface area (Å²) in [6.07, 6.45) is 0. The van der Waals surface area contributed by atoms with E-state index in [9.17, 15) is 0 Å². The number of hydrogen-bond acceptors (Lipinski definition) is 0. The minimum Gasteiger partial charge on any atom is -0.0616 e. The van der Waals surface area contributed by atoms with Gasteiger partial charge in [-0.2, -0.15) is 0 Å². The molecule has 0 bridgehead atoms. The molecule has 0 aromatic heterocycles. The van der Waals surface area contributed by atoms with E-state index >= 15 is 0 Å². The second-order valence-electron chi connectivity index (χ2n) is 4.88. The van der Waals surface area contributed by atoms with Crippen molar-refractivity contribution in [2.24, 2.45) is 0 Å². The maximum absolute atomic E-state index is 2.48. The lowest BCUT2D eigenvalue weighted by Crippen LogP contribution is -1.88. The molecule has 0 saturated carbocycles. The first-order valence-corrected chi connectivity index (χ1v) is 8.60. The number of benzene rings is 4. The predicted octanol–water partition coefficient (Wildman–Crippen LogP) is 6.36. The van der Waals surface area contributed by atoms with E-state index in [4.69, 9.17) is 0 Å². The Hall–Kier alpha value is -0.880. The Bertz CT molecular complexity index is 936. The van der Waals surface area contributed by atoms with E-state index < -0.39 is 0 Å². The van der Waals surface area contributed by atoms with Crippen molar-refractivity contribution in [1.82, 2.24) is 0 Å². The van der Waals surface area contributed by atoms with Crippen molar-refractivity contribution in [2.75, 3.05) is 0 Å². The topological polar surface area (TPSA) is 0 Å². The normalized spacial score (nSPS) is 11.5. The largest absolute Gasteiger partial charge is 0.0616 e. The van der Waals surface area contributed by atoms with Gasteiger partial charge in [-0.15, -0.1) is 0 Å². The minimum atomic E-state index is 1.32. The van der Waals surface area contributed by atoms with E-state index in [0.717, 1.165) is 0 Å². The van der Waals surface area contributed by atoms with Crippen LogP contribution in [0.3, 0.4) is 0 Å². The van der Waals surface area contributed by atoms with Gasteiger partial charge < -0.3 is 0 Å². The van der Waals surface area contributed by atoms with Gasteiger partial charge in [-0.1, -0.05) is 54.6 Å². The fraction of sp³-hybridized carbons (Fsp3) is 0. The van der Waals surface area contributed by atoms with Crippen LogP contribution in [-0.2, 0) is 0 Å². The first-order valence-electron chi connectivity index (χ1n) is 6.44. The molecule has 0 N–H and O–H groups in total. The van der Waals surface area contributed by atoms with Gasteiger partial charge in [-0.3, -0.25) is 0 Å². The predicted molar refractivity (Wildman–Crippen MR) is 104 cm³/mol. The van der Waals surface area contributed by atoms with Crippen LogP contribution in [0.1, 0.15) is 0 Å². The lowest BCUT2D eigenvalue weighted by atomic mass is 9.94. The molecule has 4 aromatic rings. The highest BCUT2D eigenvalue weighted by Gasteiger charge is 2.11. The smallest absolute Gasteiger partial charge is 0.0348 e. The third-order valence-corrected chi connectivity index (χ3v) is 6.85. The van der Waals surface area contributed by atoms with Crippen LogP contribution >= 0.6 is 45.2 Å². The standard InChI is InChI=1S/C18H10I2/c19-16-10-9-15-13-7-2-1-5-11(13)12-6-3-4-8-14(12)17(15)18(16)20/h1-10H. The molecule has 96 valence electrons. The highest BCUT2D eigenvalue weighted by Crippen LogP contribution is 2.38. The fourth-order valence-corrected chi connectivity index (χ4v) is 4.14. The Balaban J connectivity index is 2.46. The van der Waals surface area contributed by atoms with E-state index in [1.807, 2.05) is 0 Å². The number of fused-ring (bicyclic) bond motifs is 6. The van der Waals surface area contributed by atoms with Crippen LogP contribution in [-0.4, -0.2) is 0 Å². The second-order valence-corrected chi connectivity index (χ2v) is 7.12. The third kappa shape index (κ3) is 1.77. The minimum absolute atomic E-state index is 1.32. The molecule has 0 aliphatic carbocycles. The summed E-state index contributed by atoms with van der Waals surface area (Å²) in [7, 11) is 0. The molecular weight excluding hydrogens is 470 g/mol. The summed E-state index contributed by atoms with van der Waals surface area (Å²) in [4.78, 5) is 0. The monoisotopic (exact) mass is 480 g/mol. The molecule has 0 aliphatic rings. The van der Waals surface area contributed by atoms with Crippen LogP contribution in [0.4, 0.5) is 0 Å². The molecule has 0 saturated heterocycles. The van der Waals surface area contributed by atoms with Crippen LogP contribution in [0.5, 0.6) is 0 Å². The third-order valence-electron chi connectivity index (χ3n) is 3.80. The number of halogens is 2. The van der Waals surface area contributed by atoms with E-state index in [1.54, 1.807) is 0 Å². The van der Waals surface area contributed by atoms with Crippen molar-refractivity contribution in [3.63, 3.8) is 0 Å². The molecule has 0 spiro atoms. The first kappa shape index (κ1) is 12.8. The van der Waals surface area contributed by atoms with Crippen molar-refractivity contribution in [1.29, 1.82) is 0 Å². The Morgan fingerprint density at radius 2 is 0.950 bits per heavy atom. The van der Waals surface area contributed by atoms with Crippen LogP contribution in [0, 0.1) is 7.14 Å². The van der Waals surface area contributed by atoms with Gasteiger partial charge in [0.25, 0.3) is 0 Å². The molecule has 0 aliphatic heterocycles. The highest BCUT2D eigenvalue weighted by atomic mass is 127. The van der Waals surface area contributed by atoms with Gasteiger partial charge >= 0.3 is 0 Å². The fourth-order valence-electron chi connectivity index (χ4n) is 2.93. The summed E-state index contributed by atoms with van der Waals surface area (Å²) in [6, 6.07) is 21.9. The summed E-state index contributed by atoms with van der Waals surface area (Å²) in [6.45, 7) is 0. The Kier molecular flexibility index (Phi) is 3.11. The summed E-state index contributed by atoms with van der Waals surface area (Å²) in [5, 5.41) is 8.11. The molecule has 20 heavy (non-hydrogen) atoms. The summed E-state index contributed by atoms with van der Waals surface area (Å²) >= 11 is 4.90. The van der Waals surface area contributed by atoms with Gasteiger partial charge in [0.05, 0.1) is 0 Å². The lowest BCUT2D eigenvalue weighted by molar-refractivity contribution is 1.67. The van der Waals surface area contributed by atoms with E-state index in [0.29, 0.717) is 0 Å². The second kappa shape index (κ2) is 4.84. The van der Waals surface area contributed by atoms with Gasteiger partial charge in [-0.25, -0.2) is 0 Å². The molecule has 4 aromatic carbocycles. The zero-order valence-corrected chi connectivity index (χ0v) is 14.8. The first-order chi connectivity index (χ1) is 9.77. The number of rotatable bonds is 0. The van der Waals surface area contributed by atoms with Crippen molar-refractivity contribution in [3.05, 3.63) is 67.8 Å². The van der Waals surface area contributed by atoms with Crippen molar-refractivity contribution >= 4 is 77.5 Å². The van der Waals surface area contributed by atoms with Crippen molar-refractivity contribution in [2.45, 2.75) is 0 Å². The SMILES string of the molecule is Ic1ccc2c3ccccc3c3ccccc3c2c1I. The molecule has 0 amide bonds. The molecular formula is C18H10I2. The van der Waals surface area contributed by atoms with Gasteiger partial charge in [0, 0.05) is 12.5 Å². The molecule has 0 radical (unpaired) electrons. The summed E-state index contributed by atoms with van der Waals surface area (Å²) in [5.74, 6) is 0. The molecule has 4 rings (SSSR count). The Morgan fingerprint density at radius 1 is 0.500 bits per heavy atom. The molecule has 0 unspecified atom stereocenters. The highest BCUT2D eigenvalue weighted by molar-refractivity contribution is 14.1. The van der Waals surface area contributed by atoms with E-state index in [1.165, 1.54) is 39.5 Å². The average molecular weight is 480 g/mol. The maximum atomic E-state index is 2.48. The Labute approximate surface area is 144 Å². The van der Waals surface area contributed by atoms with Gasteiger partial charge in [-0.05, 0) is 78.2 Å². The maximum Gasteiger partial charge on any atom is 0.0348 e. The van der Waals surface area contributed by atoms with E-state index in [2.05, 4.69) is 106 Å². The van der Waals surface area contributed by atoms with Crippen LogP contribution in [0.2, 0.25) is 0 Å². The van der Waals surface area contributed by atoms with Crippen molar-refractivity contribution < 1.29 is 0 Å². The summed E-state index contributed by atoms with van der Waals surface area (Å²) in [5.41, 5.74) is 0. The van der Waals surface area contributed by atoms with Crippen LogP contribution in [0.25, 0.3) is 32.3 Å². The molecule has 0 heterocycles.